The smallest absolute Gasteiger partial charge is 0.0543 e. The Labute approximate surface area is 356 Å². The van der Waals surface area contributed by atoms with E-state index in [0.29, 0.717) is 0 Å². The number of anilines is 6. The molecule has 0 saturated heterocycles. The third-order valence-electron chi connectivity index (χ3n) is 13.7. The molecule has 10 rings (SSSR count). The molecule has 0 aromatic heterocycles. The van der Waals surface area contributed by atoms with Crippen LogP contribution in [0.5, 0.6) is 0 Å². The highest BCUT2D eigenvalue weighted by Crippen LogP contribution is 2.59. The summed E-state index contributed by atoms with van der Waals surface area (Å²) in [6.07, 6.45) is 0. The number of hydrogen-bond donors (Lipinski definition) is 0. The average molecular weight is 779 g/mol. The summed E-state index contributed by atoms with van der Waals surface area (Å²) in [7, 11) is 0. The van der Waals surface area contributed by atoms with Crippen LogP contribution < -0.4 is 9.80 Å². The fraction of sp³-hybridized carbons (Fsp3) is 0.207. The van der Waals surface area contributed by atoms with Gasteiger partial charge in [-0.05, 0) is 169 Å². The van der Waals surface area contributed by atoms with E-state index in [-0.39, 0.29) is 10.8 Å². The van der Waals surface area contributed by atoms with Gasteiger partial charge in [0.05, 0.1) is 5.69 Å². The molecule has 0 fully saturated rings. The van der Waals surface area contributed by atoms with Gasteiger partial charge in [0.15, 0.2) is 0 Å². The molecule has 8 aromatic rings. The zero-order valence-corrected chi connectivity index (χ0v) is 36.8. The van der Waals surface area contributed by atoms with Gasteiger partial charge in [-0.3, -0.25) is 0 Å². The van der Waals surface area contributed by atoms with Crippen LogP contribution in [0.2, 0.25) is 0 Å². The molecular weight excluding hydrogens is 725 g/mol. The van der Waals surface area contributed by atoms with Crippen molar-refractivity contribution < 1.29 is 0 Å². The molecule has 0 radical (unpaired) electrons. The van der Waals surface area contributed by atoms with Gasteiger partial charge in [-0.1, -0.05) is 129 Å². The molecule has 0 heterocycles. The van der Waals surface area contributed by atoms with Gasteiger partial charge >= 0.3 is 0 Å². The van der Waals surface area contributed by atoms with Crippen molar-refractivity contribution in [2.24, 2.45) is 0 Å². The molecule has 0 unspecified atom stereocenters. The molecule has 0 saturated carbocycles. The van der Waals surface area contributed by atoms with E-state index in [1.54, 1.807) is 0 Å². The highest BCUT2D eigenvalue weighted by atomic mass is 15.2. The van der Waals surface area contributed by atoms with Gasteiger partial charge in [0.1, 0.15) is 0 Å². The van der Waals surface area contributed by atoms with Crippen molar-refractivity contribution in [1.29, 1.82) is 0 Å². The summed E-state index contributed by atoms with van der Waals surface area (Å²) in [5.41, 5.74) is 25.3. The summed E-state index contributed by atoms with van der Waals surface area (Å²) in [6, 6.07) is 55.5. The van der Waals surface area contributed by atoms with Crippen molar-refractivity contribution in [3.8, 4) is 22.3 Å². The fourth-order valence-electron chi connectivity index (χ4n) is 10.4. The van der Waals surface area contributed by atoms with Crippen molar-refractivity contribution in [3.05, 3.63) is 201 Å². The summed E-state index contributed by atoms with van der Waals surface area (Å²) in [6.45, 7) is 22.9. The van der Waals surface area contributed by atoms with E-state index in [0.717, 1.165) is 0 Å². The van der Waals surface area contributed by atoms with Crippen LogP contribution in [0.4, 0.5) is 34.1 Å². The summed E-state index contributed by atoms with van der Waals surface area (Å²) in [5, 5.41) is 2.56. The quantitative estimate of drug-likeness (QED) is 0.166. The zero-order valence-electron chi connectivity index (χ0n) is 36.8. The molecule has 0 atom stereocenters. The number of hydrogen-bond acceptors (Lipinski definition) is 2. The molecule has 60 heavy (non-hydrogen) atoms. The molecule has 0 N–H and O–H groups in total. The van der Waals surface area contributed by atoms with Gasteiger partial charge in [0.2, 0.25) is 0 Å². The topological polar surface area (TPSA) is 6.48 Å². The van der Waals surface area contributed by atoms with Gasteiger partial charge in [0, 0.05) is 44.7 Å². The SMILES string of the molecule is Cc1ccc(N(c2ccc3c(c2)C(C)(C)c2cc4c(cc2-3)C(C)(C)c2cc(N(c3ccc(C)cc3)c3ccc(C)cc3C)c3ccccc3c2-4)c2ccc(C)cc2C)cc1. The lowest BCUT2D eigenvalue weighted by atomic mass is 9.79. The molecule has 0 amide bonds. The first-order valence-electron chi connectivity index (χ1n) is 21.5. The van der Waals surface area contributed by atoms with Gasteiger partial charge in [0.25, 0.3) is 0 Å². The Bertz CT molecular complexity index is 3030. The molecule has 0 aliphatic heterocycles. The molecule has 2 heteroatoms. The van der Waals surface area contributed by atoms with E-state index in [1.165, 1.54) is 123 Å². The molecule has 2 aliphatic rings. The van der Waals surface area contributed by atoms with E-state index >= 15 is 0 Å². The Kier molecular flexibility index (Phi) is 8.57. The van der Waals surface area contributed by atoms with Gasteiger partial charge in [-0.2, -0.15) is 0 Å². The Balaban J connectivity index is 1.15. The summed E-state index contributed by atoms with van der Waals surface area (Å²) in [4.78, 5) is 4.93. The van der Waals surface area contributed by atoms with Crippen LogP contribution in [0.25, 0.3) is 33.0 Å². The number of rotatable bonds is 6. The summed E-state index contributed by atoms with van der Waals surface area (Å²) >= 11 is 0. The first-order chi connectivity index (χ1) is 28.7. The predicted molar refractivity (Wildman–Crippen MR) is 257 cm³/mol. The highest BCUT2D eigenvalue weighted by Gasteiger charge is 2.43. The third kappa shape index (κ3) is 5.75. The Hall–Kier alpha value is -6.38. The Morgan fingerprint density at radius 2 is 0.800 bits per heavy atom. The lowest BCUT2D eigenvalue weighted by molar-refractivity contribution is 0.652. The fourth-order valence-corrected chi connectivity index (χ4v) is 10.4. The monoisotopic (exact) mass is 778 g/mol. The molecule has 0 spiro atoms. The van der Waals surface area contributed by atoms with Crippen molar-refractivity contribution in [2.45, 2.75) is 80.1 Å². The van der Waals surface area contributed by atoms with Crippen molar-refractivity contribution in [2.75, 3.05) is 9.80 Å². The van der Waals surface area contributed by atoms with Gasteiger partial charge < -0.3 is 9.80 Å². The maximum atomic E-state index is 2.56. The number of fused-ring (bicyclic) bond motifs is 8. The molecule has 296 valence electrons. The minimum Gasteiger partial charge on any atom is -0.310 e. The Morgan fingerprint density at radius 1 is 0.333 bits per heavy atom. The lowest BCUT2D eigenvalue weighted by Gasteiger charge is -2.31. The zero-order chi connectivity index (χ0) is 41.8. The normalized spacial score (nSPS) is 14.1. The third-order valence-corrected chi connectivity index (χ3v) is 13.7. The van der Waals surface area contributed by atoms with E-state index in [4.69, 9.17) is 0 Å². The van der Waals surface area contributed by atoms with Crippen LogP contribution in [-0.2, 0) is 10.8 Å². The second-order valence-corrected chi connectivity index (χ2v) is 18.7. The minimum atomic E-state index is -0.224. The standard InChI is InChI=1S/C58H54N2/c1-35-15-21-41(22-16-35)59(53-27-19-37(3)29-39(53)5)43-25-26-44-47-32-51-48(33-50(47)57(7,8)49(44)31-43)56-46-14-12-11-13-45(46)55(34-52(56)58(51,9)10)60(42-23-17-36(2)18-24-42)54-28-20-38(4)30-40(54)6/h11-34H,1-10H3. The lowest BCUT2D eigenvalue weighted by Crippen LogP contribution is -2.18. The van der Waals surface area contributed by atoms with Crippen molar-refractivity contribution in [3.63, 3.8) is 0 Å². The van der Waals surface area contributed by atoms with E-state index in [9.17, 15) is 0 Å². The van der Waals surface area contributed by atoms with Crippen LogP contribution in [-0.4, -0.2) is 0 Å². The molecule has 0 bridgehead atoms. The van der Waals surface area contributed by atoms with Crippen LogP contribution in [0.15, 0.2) is 146 Å². The van der Waals surface area contributed by atoms with Crippen LogP contribution >= 0.6 is 0 Å². The van der Waals surface area contributed by atoms with Crippen LogP contribution in [0.1, 0.15) is 83.3 Å². The summed E-state index contributed by atoms with van der Waals surface area (Å²) < 4.78 is 0. The predicted octanol–water partition coefficient (Wildman–Crippen LogP) is 16.2. The molecular formula is C58H54N2. The van der Waals surface area contributed by atoms with Crippen LogP contribution in [0.3, 0.4) is 0 Å². The second kappa shape index (κ2) is 13.6. The first kappa shape index (κ1) is 37.9. The molecule has 2 aliphatic carbocycles. The second-order valence-electron chi connectivity index (χ2n) is 18.7. The highest BCUT2D eigenvalue weighted by molar-refractivity contribution is 6.10. The maximum Gasteiger partial charge on any atom is 0.0543 e. The van der Waals surface area contributed by atoms with E-state index in [1.807, 2.05) is 0 Å². The van der Waals surface area contributed by atoms with E-state index < -0.39 is 0 Å². The average Bonchev–Trinajstić information content (AvgIpc) is 3.58. The van der Waals surface area contributed by atoms with Gasteiger partial charge in [-0.25, -0.2) is 0 Å². The largest absolute Gasteiger partial charge is 0.310 e. The number of aryl methyl sites for hydroxylation is 6. The van der Waals surface area contributed by atoms with Crippen LogP contribution in [0, 0.1) is 41.5 Å². The number of nitrogens with zero attached hydrogens (tertiary/aromatic N) is 2. The minimum absolute atomic E-state index is 0.204. The Morgan fingerprint density at radius 3 is 1.40 bits per heavy atom. The van der Waals surface area contributed by atoms with E-state index in [2.05, 4.69) is 225 Å². The summed E-state index contributed by atoms with van der Waals surface area (Å²) in [5.74, 6) is 0. The maximum absolute atomic E-state index is 2.56. The van der Waals surface area contributed by atoms with Crippen molar-refractivity contribution in [1.82, 2.24) is 0 Å². The number of benzene rings is 8. The molecule has 8 aromatic carbocycles. The van der Waals surface area contributed by atoms with Crippen molar-refractivity contribution >= 4 is 44.9 Å². The molecule has 2 nitrogen and oxygen atoms in total. The first-order valence-corrected chi connectivity index (χ1v) is 21.5. The van der Waals surface area contributed by atoms with Gasteiger partial charge in [-0.15, -0.1) is 0 Å².